The second kappa shape index (κ2) is 9.76. The van der Waals surface area contributed by atoms with Gasteiger partial charge in [-0.2, -0.15) is 18.3 Å². The molecule has 0 aliphatic carbocycles. The van der Waals surface area contributed by atoms with Crippen LogP contribution in [0.5, 0.6) is 5.75 Å². The molecule has 10 heteroatoms. The van der Waals surface area contributed by atoms with E-state index in [4.69, 9.17) is 9.47 Å². The molecule has 34 heavy (non-hydrogen) atoms. The summed E-state index contributed by atoms with van der Waals surface area (Å²) >= 11 is 0. The monoisotopic (exact) mass is 474 g/mol. The number of carbonyl (C=O) groups excluding carboxylic acids is 1. The van der Waals surface area contributed by atoms with Crippen LogP contribution in [-0.2, 0) is 17.5 Å². The van der Waals surface area contributed by atoms with E-state index in [1.54, 1.807) is 18.3 Å². The molecule has 0 bridgehead atoms. The lowest BCUT2D eigenvalue weighted by Gasteiger charge is -2.29. The minimum atomic E-state index is -4.55. The fourth-order valence-electron chi connectivity index (χ4n) is 3.83. The van der Waals surface area contributed by atoms with E-state index >= 15 is 0 Å². The molecule has 1 aliphatic rings. The summed E-state index contributed by atoms with van der Waals surface area (Å²) in [6.45, 7) is 3.64. The first kappa shape index (κ1) is 23.6. The van der Waals surface area contributed by atoms with Gasteiger partial charge in [0.05, 0.1) is 25.9 Å². The van der Waals surface area contributed by atoms with Gasteiger partial charge in [-0.25, -0.2) is 4.68 Å². The number of amides is 1. The maximum atomic E-state index is 13.8. The van der Waals surface area contributed by atoms with Gasteiger partial charge in [0.2, 0.25) is 0 Å². The Morgan fingerprint density at radius 3 is 2.62 bits per heavy atom. The number of alkyl halides is 3. The van der Waals surface area contributed by atoms with E-state index in [0.717, 1.165) is 11.6 Å². The van der Waals surface area contributed by atoms with Crippen molar-refractivity contribution in [2.75, 3.05) is 38.3 Å². The molecule has 0 atom stereocenters. The molecule has 2 aromatic carbocycles. The molecule has 2 heterocycles. The first-order valence-corrected chi connectivity index (χ1v) is 10.8. The van der Waals surface area contributed by atoms with Crippen LogP contribution in [0.3, 0.4) is 0 Å². The normalized spacial score (nSPS) is 14.2. The highest BCUT2D eigenvalue weighted by atomic mass is 19.4. The number of hydrogen-bond acceptors (Lipinski definition) is 5. The zero-order valence-corrected chi connectivity index (χ0v) is 18.9. The van der Waals surface area contributed by atoms with E-state index in [-0.39, 0.29) is 17.8 Å². The summed E-state index contributed by atoms with van der Waals surface area (Å²) in [4.78, 5) is 14.5. The SMILES string of the molecule is COc1ccc(C)cc1-n1ccc(C(=O)NCc2ccc(N3CCOCC3)cc2C(F)(F)F)n1. The molecule has 0 spiro atoms. The summed E-state index contributed by atoms with van der Waals surface area (Å²) < 4.78 is 53.4. The van der Waals surface area contributed by atoms with Gasteiger partial charge in [-0.05, 0) is 48.4 Å². The van der Waals surface area contributed by atoms with Crippen LogP contribution in [0.25, 0.3) is 5.69 Å². The summed E-state index contributed by atoms with van der Waals surface area (Å²) in [6, 6.07) is 11.2. The number of anilines is 1. The van der Waals surface area contributed by atoms with Gasteiger partial charge in [0.1, 0.15) is 11.4 Å². The van der Waals surface area contributed by atoms with Gasteiger partial charge >= 0.3 is 6.18 Å². The zero-order chi connectivity index (χ0) is 24.3. The summed E-state index contributed by atoms with van der Waals surface area (Å²) in [6.07, 6.45) is -2.95. The smallest absolute Gasteiger partial charge is 0.416 e. The summed E-state index contributed by atoms with van der Waals surface area (Å²) in [5.74, 6) is 0.00610. The van der Waals surface area contributed by atoms with Crippen LogP contribution in [0.2, 0.25) is 0 Å². The number of nitrogens with zero attached hydrogens (tertiary/aromatic N) is 3. The van der Waals surface area contributed by atoms with E-state index in [9.17, 15) is 18.0 Å². The Balaban J connectivity index is 1.50. The van der Waals surface area contributed by atoms with Crippen molar-refractivity contribution in [3.63, 3.8) is 0 Å². The lowest BCUT2D eigenvalue weighted by Crippen LogP contribution is -2.36. The van der Waals surface area contributed by atoms with Crippen LogP contribution in [0.15, 0.2) is 48.7 Å². The molecule has 1 N–H and O–H groups in total. The van der Waals surface area contributed by atoms with E-state index in [2.05, 4.69) is 10.4 Å². The van der Waals surface area contributed by atoms with Gasteiger partial charge in [0.25, 0.3) is 5.91 Å². The molecule has 1 aliphatic heterocycles. The second-order valence-corrected chi connectivity index (χ2v) is 7.94. The molecule has 0 unspecified atom stereocenters. The van der Waals surface area contributed by atoms with Gasteiger partial charge in [-0.1, -0.05) is 12.1 Å². The zero-order valence-electron chi connectivity index (χ0n) is 18.9. The summed E-state index contributed by atoms with van der Waals surface area (Å²) in [5, 5.41) is 6.82. The Kier molecular flexibility index (Phi) is 6.78. The third-order valence-corrected chi connectivity index (χ3v) is 5.62. The molecule has 3 aromatic rings. The quantitative estimate of drug-likeness (QED) is 0.586. The molecule has 1 amide bonds. The fourth-order valence-corrected chi connectivity index (χ4v) is 3.83. The Morgan fingerprint density at radius 2 is 1.91 bits per heavy atom. The molecule has 7 nitrogen and oxygen atoms in total. The molecule has 0 saturated carbocycles. The van der Waals surface area contributed by atoms with Gasteiger partial charge in [-0.15, -0.1) is 0 Å². The van der Waals surface area contributed by atoms with Crippen molar-refractivity contribution in [1.29, 1.82) is 0 Å². The minimum absolute atomic E-state index is 0.0161. The molecule has 4 rings (SSSR count). The fraction of sp³-hybridized carbons (Fsp3) is 0.333. The predicted molar refractivity (Wildman–Crippen MR) is 120 cm³/mol. The maximum Gasteiger partial charge on any atom is 0.416 e. The Bertz CT molecular complexity index is 1170. The van der Waals surface area contributed by atoms with Crippen molar-refractivity contribution in [3.05, 3.63) is 71.0 Å². The third kappa shape index (κ3) is 5.17. The maximum absolute atomic E-state index is 13.8. The standard InChI is InChI=1S/C24H25F3N4O3/c1-16-3-6-22(33-2)21(13-16)31-8-7-20(29-31)23(32)28-15-17-4-5-18(14-19(17)24(25,26)27)30-9-11-34-12-10-30/h3-8,13-14H,9-12,15H2,1-2H3,(H,28,32). The van der Waals surface area contributed by atoms with Gasteiger partial charge in [0, 0.05) is 31.5 Å². The van der Waals surface area contributed by atoms with Crippen LogP contribution in [0.4, 0.5) is 18.9 Å². The summed E-state index contributed by atoms with van der Waals surface area (Å²) in [7, 11) is 1.54. The average Bonchev–Trinajstić information content (AvgIpc) is 3.33. The highest BCUT2D eigenvalue weighted by molar-refractivity contribution is 5.92. The molecule has 0 radical (unpaired) electrons. The topological polar surface area (TPSA) is 68.6 Å². The number of aromatic nitrogens is 2. The van der Waals surface area contributed by atoms with Crippen molar-refractivity contribution in [2.45, 2.75) is 19.6 Å². The van der Waals surface area contributed by atoms with E-state index in [1.807, 2.05) is 24.0 Å². The lowest BCUT2D eigenvalue weighted by atomic mass is 10.0. The van der Waals surface area contributed by atoms with Gasteiger partial charge in [0.15, 0.2) is 5.69 Å². The van der Waals surface area contributed by atoms with Crippen molar-refractivity contribution in [3.8, 4) is 11.4 Å². The first-order valence-electron chi connectivity index (χ1n) is 10.8. The minimum Gasteiger partial charge on any atom is -0.494 e. The predicted octanol–water partition coefficient (Wildman–Crippen LogP) is 3.97. The number of nitrogens with one attached hydrogen (secondary N) is 1. The highest BCUT2D eigenvalue weighted by Crippen LogP contribution is 2.35. The number of halogens is 3. The van der Waals surface area contributed by atoms with Crippen LogP contribution in [0.1, 0.15) is 27.2 Å². The number of ether oxygens (including phenoxy) is 2. The number of benzene rings is 2. The van der Waals surface area contributed by atoms with Crippen LogP contribution < -0.4 is 15.0 Å². The van der Waals surface area contributed by atoms with Crippen molar-refractivity contribution in [2.24, 2.45) is 0 Å². The first-order chi connectivity index (χ1) is 16.3. The number of morpholine rings is 1. The lowest BCUT2D eigenvalue weighted by molar-refractivity contribution is -0.138. The Hall–Kier alpha value is -3.53. The summed E-state index contributed by atoms with van der Waals surface area (Å²) in [5.41, 5.74) is 1.42. The average molecular weight is 474 g/mol. The van der Waals surface area contributed by atoms with Gasteiger partial charge < -0.3 is 19.7 Å². The Morgan fingerprint density at radius 1 is 1.15 bits per heavy atom. The molecule has 180 valence electrons. The number of aryl methyl sites for hydroxylation is 1. The molecule has 1 fully saturated rings. The van der Waals surface area contributed by atoms with Crippen LogP contribution >= 0.6 is 0 Å². The van der Waals surface area contributed by atoms with E-state index in [1.165, 1.54) is 23.9 Å². The second-order valence-electron chi connectivity index (χ2n) is 7.94. The van der Waals surface area contributed by atoms with E-state index in [0.29, 0.717) is 43.4 Å². The van der Waals surface area contributed by atoms with Gasteiger partial charge in [-0.3, -0.25) is 4.79 Å². The van der Waals surface area contributed by atoms with Crippen LogP contribution in [0, 0.1) is 6.92 Å². The van der Waals surface area contributed by atoms with E-state index < -0.39 is 17.6 Å². The largest absolute Gasteiger partial charge is 0.494 e. The number of carbonyl (C=O) groups is 1. The Labute approximate surface area is 195 Å². The third-order valence-electron chi connectivity index (χ3n) is 5.62. The van der Waals surface area contributed by atoms with Crippen molar-refractivity contribution in [1.82, 2.24) is 15.1 Å². The molecular formula is C24H25F3N4O3. The van der Waals surface area contributed by atoms with Crippen LogP contribution in [-0.4, -0.2) is 49.1 Å². The molecular weight excluding hydrogens is 449 g/mol. The highest BCUT2D eigenvalue weighted by Gasteiger charge is 2.34. The number of methoxy groups -OCH3 is 1. The molecule has 1 aromatic heterocycles. The van der Waals surface area contributed by atoms with Crippen molar-refractivity contribution < 1.29 is 27.4 Å². The van der Waals surface area contributed by atoms with Crippen molar-refractivity contribution >= 4 is 11.6 Å². The number of rotatable bonds is 6. The molecule has 1 saturated heterocycles. The number of hydrogen-bond donors (Lipinski definition) is 1.